The molecule has 2 rings (SSSR count). The van der Waals surface area contributed by atoms with Gasteiger partial charge in [-0.25, -0.2) is 0 Å². The number of hydrogen-bond acceptors (Lipinski definition) is 5. The van der Waals surface area contributed by atoms with Crippen LogP contribution < -0.4 is 24.8 Å². The molecular formula is C21H35N3O4. The van der Waals surface area contributed by atoms with Crippen molar-refractivity contribution in [2.45, 2.75) is 51.2 Å². The average molecular weight is 394 g/mol. The lowest BCUT2D eigenvalue weighted by atomic mass is 10.1. The molecule has 0 aromatic heterocycles. The van der Waals surface area contributed by atoms with Gasteiger partial charge in [-0.05, 0) is 25.0 Å². The molecule has 0 amide bonds. The average Bonchev–Trinajstić information content (AvgIpc) is 3.01. The highest BCUT2D eigenvalue weighted by atomic mass is 16.5. The molecule has 0 atom stereocenters. The van der Waals surface area contributed by atoms with E-state index in [2.05, 4.69) is 15.6 Å². The summed E-state index contributed by atoms with van der Waals surface area (Å²) in [7, 11) is 6.59. The van der Waals surface area contributed by atoms with Crippen molar-refractivity contribution < 1.29 is 18.9 Å². The fraction of sp³-hybridized carbons (Fsp3) is 0.667. The summed E-state index contributed by atoms with van der Waals surface area (Å²) in [6.07, 6.45) is 8.04. The summed E-state index contributed by atoms with van der Waals surface area (Å²) < 4.78 is 22.3. The Balaban J connectivity index is 1.81. The highest BCUT2D eigenvalue weighted by Crippen LogP contribution is 2.39. The summed E-state index contributed by atoms with van der Waals surface area (Å²) in [6.45, 7) is 1.96. The van der Waals surface area contributed by atoms with Gasteiger partial charge in [0.25, 0.3) is 0 Å². The number of methoxy groups -OCH3 is 3. The summed E-state index contributed by atoms with van der Waals surface area (Å²) >= 11 is 0. The first kappa shape index (κ1) is 22.1. The Kier molecular flexibility index (Phi) is 9.76. The number of ether oxygens (including phenoxy) is 4. The fourth-order valence-electron chi connectivity index (χ4n) is 3.51. The topological polar surface area (TPSA) is 73.3 Å². The van der Waals surface area contributed by atoms with Gasteiger partial charge in [0.15, 0.2) is 17.5 Å². The van der Waals surface area contributed by atoms with E-state index in [1.54, 1.807) is 28.4 Å². The van der Waals surface area contributed by atoms with E-state index in [9.17, 15) is 0 Å². The molecule has 1 aliphatic rings. The minimum absolute atomic E-state index is 0.412. The zero-order valence-electron chi connectivity index (χ0n) is 17.7. The second-order valence-electron chi connectivity index (χ2n) is 6.83. The minimum atomic E-state index is 0.412. The lowest BCUT2D eigenvalue weighted by Crippen LogP contribution is -2.39. The zero-order valence-corrected chi connectivity index (χ0v) is 17.7. The van der Waals surface area contributed by atoms with E-state index in [4.69, 9.17) is 18.9 Å². The van der Waals surface area contributed by atoms with Gasteiger partial charge in [-0.2, -0.15) is 0 Å². The van der Waals surface area contributed by atoms with Crippen LogP contribution in [0.2, 0.25) is 0 Å². The molecule has 7 heteroatoms. The van der Waals surface area contributed by atoms with Gasteiger partial charge < -0.3 is 29.6 Å². The largest absolute Gasteiger partial charge is 0.493 e. The van der Waals surface area contributed by atoms with Crippen LogP contribution in [0.1, 0.15) is 44.1 Å². The van der Waals surface area contributed by atoms with Gasteiger partial charge >= 0.3 is 0 Å². The minimum Gasteiger partial charge on any atom is -0.493 e. The van der Waals surface area contributed by atoms with Gasteiger partial charge in [0.1, 0.15) is 0 Å². The van der Waals surface area contributed by atoms with Crippen molar-refractivity contribution in [3.63, 3.8) is 0 Å². The molecular weight excluding hydrogens is 358 g/mol. The first-order valence-electron chi connectivity index (χ1n) is 10.1. The van der Waals surface area contributed by atoms with Crippen LogP contribution in [0.25, 0.3) is 0 Å². The molecule has 1 aromatic carbocycles. The van der Waals surface area contributed by atoms with E-state index >= 15 is 0 Å². The first-order chi connectivity index (χ1) is 13.7. The summed E-state index contributed by atoms with van der Waals surface area (Å²) in [5.74, 6) is 2.60. The third-order valence-electron chi connectivity index (χ3n) is 5.01. The molecule has 1 saturated carbocycles. The molecule has 0 saturated heterocycles. The van der Waals surface area contributed by atoms with Crippen LogP contribution >= 0.6 is 0 Å². The monoisotopic (exact) mass is 393 g/mol. The van der Waals surface area contributed by atoms with Crippen LogP contribution in [-0.4, -0.2) is 53.6 Å². The van der Waals surface area contributed by atoms with Gasteiger partial charge in [0.2, 0.25) is 5.75 Å². The predicted octanol–water partition coefficient (Wildman–Crippen LogP) is 3.12. The van der Waals surface area contributed by atoms with Crippen molar-refractivity contribution >= 4 is 5.96 Å². The van der Waals surface area contributed by atoms with E-state index in [1.165, 1.54) is 38.5 Å². The van der Waals surface area contributed by atoms with E-state index < -0.39 is 0 Å². The highest BCUT2D eigenvalue weighted by Gasteiger charge is 2.16. The van der Waals surface area contributed by atoms with Crippen molar-refractivity contribution in [1.82, 2.24) is 10.6 Å². The maximum Gasteiger partial charge on any atom is 0.203 e. The Hall–Kier alpha value is -2.15. The van der Waals surface area contributed by atoms with Gasteiger partial charge in [-0.1, -0.05) is 25.7 Å². The molecule has 0 spiro atoms. The van der Waals surface area contributed by atoms with Crippen molar-refractivity contribution in [2.24, 2.45) is 4.99 Å². The zero-order chi connectivity index (χ0) is 20.2. The Morgan fingerprint density at radius 1 is 0.964 bits per heavy atom. The number of hydrogen-bond donors (Lipinski definition) is 2. The molecule has 1 fully saturated rings. The number of rotatable bonds is 9. The highest BCUT2D eigenvalue weighted by molar-refractivity contribution is 5.79. The number of aliphatic imine (C=N–C) groups is 1. The van der Waals surface area contributed by atoms with E-state index in [0.29, 0.717) is 36.5 Å². The fourth-order valence-corrected chi connectivity index (χ4v) is 3.51. The number of nitrogens with one attached hydrogen (secondary N) is 2. The summed E-state index contributed by atoms with van der Waals surface area (Å²) in [6, 6.07) is 3.82. The summed E-state index contributed by atoms with van der Waals surface area (Å²) in [5, 5.41) is 6.61. The van der Waals surface area contributed by atoms with Crippen LogP contribution in [0.15, 0.2) is 17.1 Å². The molecule has 28 heavy (non-hydrogen) atoms. The predicted molar refractivity (Wildman–Crippen MR) is 112 cm³/mol. The smallest absolute Gasteiger partial charge is 0.203 e. The second kappa shape index (κ2) is 12.3. The molecule has 1 aliphatic carbocycles. The Bertz CT molecular complexity index is 614. The summed E-state index contributed by atoms with van der Waals surface area (Å²) in [4.78, 5) is 4.28. The third kappa shape index (κ3) is 6.48. The Morgan fingerprint density at radius 3 is 2.29 bits per heavy atom. The lowest BCUT2D eigenvalue weighted by Gasteiger charge is -2.18. The van der Waals surface area contributed by atoms with Crippen LogP contribution in [0.4, 0.5) is 0 Å². The molecule has 0 heterocycles. The number of benzene rings is 1. The summed E-state index contributed by atoms with van der Waals surface area (Å²) in [5.41, 5.74) is 0.956. The Labute approximate surface area is 168 Å². The standard InChI is InChI=1S/C21H35N3O4/c1-22-21(23-13-14-28-17-9-7-5-6-8-10-17)24-15-16-11-12-18(25-2)20(27-4)19(16)26-3/h11-12,17H,5-10,13-15H2,1-4H3,(H2,22,23,24). The van der Waals surface area contributed by atoms with Gasteiger partial charge in [0.05, 0.1) is 34.0 Å². The molecule has 0 aliphatic heterocycles. The van der Waals surface area contributed by atoms with Crippen molar-refractivity contribution in [3.05, 3.63) is 17.7 Å². The van der Waals surface area contributed by atoms with E-state index in [1.807, 2.05) is 12.1 Å². The van der Waals surface area contributed by atoms with Crippen molar-refractivity contribution in [1.29, 1.82) is 0 Å². The van der Waals surface area contributed by atoms with Crippen molar-refractivity contribution in [2.75, 3.05) is 41.5 Å². The van der Waals surface area contributed by atoms with E-state index in [-0.39, 0.29) is 0 Å². The number of guanidine groups is 1. The van der Waals surface area contributed by atoms with Gasteiger partial charge in [-0.15, -0.1) is 0 Å². The van der Waals surface area contributed by atoms with Crippen LogP contribution in [0, 0.1) is 0 Å². The van der Waals surface area contributed by atoms with Crippen LogP contribution in [0.5, 0.6) is 17.2 Å². The van der Waals surface area contributed by atoms with Crippen molar-refractivity contribution in [3.8, 4) is 17.2 Å². The quantitative estimate of drug-likeness (QED) is 0.291. The molecule has 0 radical (unpaired) electrons. The molecule has 0 unspecified atom stereocenters. The van der Waals surface area contributed by atoms with Gasteiger partial charge in [-0.3, -0.25) is 4.99 Å². The maximum atomic E-state index is 6.02. The molecule has 2 N–H and O–H groups in total. The molecule has 7 nitrogen and oxygen atoms in total. The number of nitrogens with zero attached hydrogens (tertiary/aromatic N) is 1. The molecule has 1 aromatic rings. The normalized spacial score (nSPS) is 15.6. The SMILES string of the molecule is CN=C(NCCOC1CCCCCC1)NCc1ccc(OC)c(OC)c1OC. The third-order valence-corrected chi connectivity index (χ3v) is 5.01. The first-order valence-corrected chi connectivity index (χ1v) is 10.1. The maximum absolute atomic E-state index is 6.02. The molecule has 0 bridgehead atoms. The van der Waals surface area contributed by atoms with E-state index in [0.717, 1.165) is 18.1 Å². The Morgan fingerprint density at radius 2 is 1.68 bits per heavy atom. The second-order valence-corrected chi connectivity index (χ2v) is 6.83. The van der Waals surface area contributed by atoms with Gasteiger partial charge in [0, 0.05) is 25.7 Å². The van der Waals surface area contributed by atoms with Crippen LogP contribution in [-0.2, 0) is 11.3 Å². The lowest BCUT2D eigenvalue weighted by molar-refractivity contribution is 0.0468. The molecule has 158 valence electrons. The van der Waals surface area contributed by atoms with Crippen LogP contribution in [0.3, 0.4) is 0 Å².